The van der Waals surface area contributed by atoms with Crippen molar-refractivity contribution >= 4 is 22.2 Å². The lowest BCUT2D eigenvalue weighted by Gasteiger charge is -2.32. The Morgan fingerprint density at radius 3 is 2.44 bits per heavy atom. The van der Waals surface area contributed by atoms with Crippen molar-refractivity contribution in [3.63, 3.8) is 0 Å². The number of rotatable bonds is 4. The zero-order chi connectivity index (χ0) is 22.5. The molecule has 0 aliphatic carbocycles. The van der Waals surface area contributed by atoms with E-state index in [1.54, 1.807) is 0 Å². The summed E-state index contributed by atoms with van der Waals surface area (Å²) < 4.78 is 68.5. The Morgan fingerprint density at radius 2 is 1.75 bits per heavy atom. The van der Waals surface area contributed by atoms with Gasteiger partial charge in [0, 0.05) is 10.9 Å². The first-order valence-corrected chi connectivity index (χ1v) is 10.5. The number of fused-ring (bicyclic) bond motifs is 1. The summed E-state index contributed by atoms with van der Waals surface area (Å²) in [7, 11) is 0. The maximum absolute atomic E-state index is 14.3. The SMILES string of the molecule is OC(c1ccc2c(cnn2-c2ccc(F)cc2)c1)(c1sccc1C1OCCO1)C(F)(F)F. The van der Waals surface area contributed by atoms with Gasteiger partial charge in [-0.3, -0.25) is 0 Å². The first-order chi connectivity index (χ1) is 15.3. The molecule has 1 aliphatic rings. The molecule has 1 atom stereocenters. The number of alkyl halides is 3. The molecule has 1 fully saturated rings. The van der Waals surface area contributed by atoms with Crippen LogP contribution in [0, 0.1) is 5.82 Å². The predicted octanol–water partition coefficient (Wildman–Crippen LogP) is 5.07. The van der Waals surface area contributed by atoms with Crippen LogP contribution in [-0.2, 0) is 15.1 Å². The second-order valence-corrected chi connectivity index (χ2v) is 8.21. The van der Waals surface area contributed by atoms with Gasteiger partial charge < -0.3 is 14.6 Å². The lowest BCUT2D eigenvalue weighted by atomic mass is 9.88. The van der Waals surface area contributed by atoms with E-state index >= 15 is 0 Å². The summed E-state index contributed by atoms with van der Waals surface area (Å²) in [5.74, 6) is -0.412. The van der Waals surface area contributed by atoms with Crippen LogP contribution in [0.3, 0.4) is 0 Å². The van der Waals surface area contributed by atoms with E-state index in [4.69, 9.17) is 9.47 Å². The molecule has 0 spiro atoms. The number of aromatic nitrogens is 2. The number of thiophene rings is 1. The number of hydrogen-bond donors (Lipinski definition) is 1. The van der Waals surface area contributed by atoms with Crippen LogP contribution in [0.25, 0.3) is 16.6 Å². The second-order valence-electron chi connectivity index (χ2n) is 7.29. The Kier molecular flexibility index (Phi) is 5.05. The normalized spacial score (nSPS) is 17.2. The molecule has 1 N–H and O–H groups in total. The smallest absolute Gasteiger partial charge is 0.372 e. The Labute approximate surface area is 183 Å². The Balaban J connectivity index is 1.63. The van der Waals surface area contributed by atoms with E-state index in [2.05, 4.69) is 5.10 Å². The molecule has 3 heterocycles. The van der Waals surface area contributed by atoms with Crippen molar-refractivity contribution in [1.29, 1.82) is 0 Å². The van der Waals surface area contributed by atoms with Crippen molar-refractivity contribution in [3.8, 4) is 5.69 Å². The third-order valence-electron chi connectivity index (χ3n) is 5.37. The van der Waals surface area contributed by atoms with Gasteiger partial charge in [0.2, 0.25) is 5.60 Å². The van der Waals surface area contributed by atoms with Crippen molar-refractivity contribution in [2.75, 3.05) is 13.2 Å². The molecule has 1 saturated heterocycles. The van der Waals surface area contributed by atoms with Crippen LogP contribution in [0.2, 0.25) is 0 Å². The highest BCUT2D eigenvalue weighted by atomic mass is 32.1. The van der Waals surface area contributed by atoms with Crippen LogP contribution in [-0.4, -0.2) is 34.3 Å². The first-order valence-electron chi connectivity index (χ1n) is 9.63. The van der Waals surface area contributed by atoms with Crippen LogP contribution in [0.1, 0.15) is 22.3 Å². The summed E-state index contributed by atoms with van der Waals surface area (Å²) >= 11 is 0.788. The minimum Gasteiger partial charge on any atom is -0.372 e. The van der Waals surface area contributed by atoms with Gasteiger partial charge in [0.25, 0.3) is 0 Å². The van der Waals surface area contributed by atoms with E-state index < -0.39 is 23.9 Å². The van der Waals surface area contributed by atoms with Gasteiger partial charge in [0.05, 0.1) is 35.5 Å². The minimum atomic E-state index is -5.01. The van der Waals surface area contributed by atoms with E-state index in [1.807, 2.05) is 0 Å². The third kappa shape index (κ3) is 3.30. The van der Waals surface area contributed by atoms with E-state index in [0.29, 0.717) is 16.6 Å². The highest BCUT2D eigenvalue weighted by Crippen LogP contribution is 2.49. The monoisotopic (exact) mass is 464 g/mol. The lowest BCUT2D eigenvalue weighted by Crippen LogP contribution is -2.43. The molecule has 0 radical (unpaired) electrons. The van der Waals surface area contributed by atoms with Crippen LogP contribution in [0.4, 0.5) is 17.6 Å². The van der Waals surface area contributed by atoms with Gasteiger partial charge >= 0.3 is 6.18 Å². The molecular weight excluding hydrogens is 448 g/mol. The molecule has 10 heteroatoms. The maximum Gasteiger partial charge on any atom is 0.426 e. The Hall–Kier alpha value is -2.79. The minimum absolute atomic E-state index is 0.148. The third-order valence-corrected chi connectivity index (χ3v) is 6.41. The average Bonchev–Trinajstić information content (AvgIpc) is 3.52. The fraction of sp³-hybridized carbons (Fsp3) is 0.227. The topological polar surface area (TPSA) is 56.5 Å². The number of aliphatic hydroxyl groups is 1. The second kappa shape index (κ2) is 7.66. The molecule has 5 rings (SSSR count). The highest BCUT2D eigenvalue weighted by molar-refractivity contribution is 7.10. The molecule has 2 aromatic heterocycles. The molecule has 0 amide bonds. The summed E-state index contributed by atoms with van der Waals surface area (Å²) in [5, 5.41) is 17.2. The zero-order valence-electron chi connectivity index (χ0n) is 16.3. The number of benzene rings is 2. The number of halogens is 4. The van der Waals surface area contributed by atoms with Gasteiger partial charge in [0.1, 0.15) is 5.82 Å². The van der Waals surface area contributed by atoms with Gasteiger partial charge in [-0.1, -0.05) is 6.07 Å². The van der Waals surface area contributed by atoms with E-state index in [1.165, 1.54) is 64.8 Å². The van der Waals surface area contributed by atoms with E-state index in [-0.39, 0.29) is 29.2 Å². The first kappa shape index (κ1) is 21.1. The quantitative estimate of drug-likeness (QED) is 0.429. The average molecular weight is 464 g/mol. The summed E-state index contributed by atoms with van der Waals surface area (Å²) in [6, 6.07) is 11.0. The van der Waals surface area contributed by atoms with E-state index in [9.17, 15) is 22.7 Å². The number of ether oxygens (including phenoxy) is 2. The molecule has 0 bridgehead atoms. The Bertz CT molecular complexity index is 1260. The standard InChI is InChI=1S/C22H16F4N2O3S/c23-15-2-4-16(5-3-15)28-18-6-1-14(11-13(18)12-27-28)21(29,22(24,25)26)19-17(7-10-32-19)20-30-8-9-31-20/h1-7,10-12,20,29H,8-9H2. The lowest BCUT2D eigenvalue weighted by molar-refractivity contribution is -0.247. The molecule has 2 aromatic carbocycles. The summed E-state index contributed by atoms with van der Waals surface area (Å²) in [6.45, 7) is 0.526. The maximum atomic E-state index is 14.3. The molecule has 5 nitrogen and oxygen atoms in total. The van der Waals surface area contributed by atoms with Gasteiger partial charge in [-0.15, -0.1) is 11.3 Å². The van der Waals surface area contributed by atoms with Crippen LogP contribution < -0.4 is 0 Å². The largest absolute Gasteiger partial charge is 0.426 e. The fourth-order valence-corrected chi connectivity index (χ4v) is 4.86. The molecule has 1 aliphatic heterocycles. The highest BCUT2D eigenvalue weighted by Gasteiger charge is 2.58. The molecule has 32 heavy (non-hydrogen) atoms. The molecule has 166 valence electrons. The van der Waals surface area contributed by atoms with Gasteiger partial charge in [-0.2, -0.15) is 18.3 Å². The predicted molar refractivity (Wildman–Crippen MR) is 109 cm³/mol. The Morgan fingerprint density at radius 1 is 1.03 bits per heavy atom. The number of nitrogens with zero attached hydrogens (tertiary/aromatic N) is 2. The van der Waals surface area contributed by atoms with Crippen molar-refractivity contribution in [3.05, 3.63) is 81.9 Å². The zero-order valence-corrected chi connectivity index (χ0v) is 17.2. The van der Waals surface area contributed by atoms with Crippen molar-refractivity contribution < 1.29 is 32.1 Å². The van der Waals surface area contributed by atoms with Crippen LogP contribution in [0.15, 0.2) is 60.1 Å². The van der Waals surface area contributed by atoms with Crippen molar-refractivity contribution in [2.45, 2.75) is 18.1 Å². The fourth-order valence-electron chi connectivity index (χ4n) is 3.81. The van der Waals surface area contributed by atoms with E-state index in [0.717, 1.165) is 11.3 Å². The number of hydrogen-bond acceptors (Lipinski definition) is 5. The molecule has 4 aromatic rings. The summed E-state index contributed by atoms with van der Waals surface area (Å²) in [6.07, 6.45) is -4.57. The van der Waals surface area contributed by atoms with Gasteiger partial charge in [0.15, 0.2) is 6.29 Å². The van der Waals surface area contributed by atoms with Gasteiger partial charge in [-0.05, 0) is 53.4 Å². The summed E-state index contributed by atoms with van der Waals surface area (Å²) in [4.78, 5) is -0.304. The van der Waals surface area contributed by atoms with Crippen molar-refractivity contribution in [1.82, 2.24) is 9.78 Å². The van der Waals surface area contributed by atoms with Gasteiger partial charge in [-0.25, -0.2) is 9.07 Å². The molecule has 1 unspecified atom stereocenters. The molecular formula is C22H16F4N2O3S. The van der Waals surface area contributed by atoms with Crippen molar-refractivity contribution in [2.24, 2.45) is 0 Å². The summed E-state index contributed by atoms with van der Waals surface area (Å²) in [5.41, 5.74) is -2.40. The van der Waals surface area contributed by atoms with Crippen LogP contribution >= 0.6 is 11.3 Å². The molecule has 0 saturated carbocycles. The van der Waals surface area contributed by atoms with Crippen LogP contribution in [0.5, 0.6) is 0 Å².